The Morgan fingerprint density at radius 1 is 1.10 bits per heavy atom. The third-order valence-electron chi connectivity index (χ3n) is 5.95. The SMILES string of the molecule is Cn1ccc(-c2ccc(-c3cc4c(nn3)N(C3CCOCC3)CCS4)c(O)c2)cc1=O. The average molecular weight is 437 g/mol. The highest BCUT2D eigenvalue weighted by Gasteiger charge is 2.28. The summed E-state index contributed by atoms with van der Waals surface area (Å²) < 4.78 is 7.02. The molecule has 1 aromatic carbocycles. The number of hydrogen-bond donors (Lipinski definition) is 1. The van der Waals surface area contributed by atoms with Crippen LogP contribution in [0, 0.1) is 0 Å². The number of fused-ring (bicyclic) bond motifs is 1. The van der Waals surface area contributed by atoms with E-state index in [4.69, 9.17) is 4.74 Å². The predicted molar refractivity (Wildman–Crippen MR) is 122 cm³/mol. The monoisotopic (exact) mass is 436 g/mol. The first-order valence-corrected chi connectivity index (χ1v) is 11.4. The molecule has 7 nitrogen and oxygen atoms in total. The van der Waals surface area contributed by atoms with Crippen molar-refractivity contribution in [3.63, 3.8) is 0 Å². The second kappa shape index (κ2) is 8.36. The lowest BCUT2D eigenvalue weighted by Gasteiger charge is -2.38. The van der Waals surface area contributed by atoms with Gasteiger partial charge in [0, 0.05) is 56.4 Å². The van der Waals surface area contributed by atoms with E-state index in [-0.39, 0.29) is 11.3 Å². The number of rotatable bonds is 3. The maximum absolute atomic E-state index is 11.9. The molecular weight excluding hydrogens is 412 g/mol. The van der Waals surface area contributed by atoms with Crippen molar-refractivity contribution in [2.75, 3.05) is 30.4 Å². The van der Waals surface area contributed by atoms with E-state index in [1.54, 1.807) is 37.1 Å². The number of ether oxygens (including phenoxy) is 1. The summed E-state index contributed by atoms with van der Waals surface area (Å²) in [4.78, 5) is 15.4. The van der Waals surface area contributed by atoms with Crippen LogP contribution in [0.1, 0.15) is 12.8 Å². The van der Waals surface area contributed by atoms with Crippen molar-refractivity contribution in [3.05, 3.63) is 52.9 Å². The molecule has 0 saturated carbocycles. The maximum Gasteiger partial charge on any atom is 0.250 e. The topological polar surface area (TPSA) is 80.5 Å². The molecule has 160 valence electrons. The normalized spacial score (nSPS) is 16.9. The molecule has 0 bridgehead atoms. The summed E-state index contributed by atoms with van der Waals surface area (Å²) >= 11 is 1.78. The van der Waals surface area contributed by atoms with Crippen LogP contribution in [0.5, 0.6) is 5.75 Å². The Balaban J connectivity index is 1.45. The minimum Gasteiger partial charge on any atom is -0.507 e. The van der Waals surface area contributed by atoms with Gasteiger partial charge in [0.1, 0.15) is 5.75 Å². The highest BCUT2D eigenvalue weighted by molar-refractivity contribution is 7.99. The van der Waals surface area contributed by atoms with Gasteiger partial charge in [-0.25, -0.2) is 0 Å². The van der Waals surface area contributed by atoms with Crippen molar-refractivity contribution < 1.29 is 9.84 Å². The number of hydrogen-bond acceptors (Lipinski definition) is 7. The summed E-state index contributed by atoms with van der Waals surface area (Å²) in [7, 11) is 1.71. The van der Waals surface area contributed by atoms with Crippen LogP contribution in [0.4, 0.5) is 5.82 Å². The number of anilines is 1. The number of aromatic hydroxyl groups is 1. The maximum atomic E-state index is 11.9. The lowest BCUT2D eigenvalue weighted by atomic mass is 10.0. The largest absolute Gasteiger partial charge is 0.507 e. The van der Waals surface area contributed by atoms with Gasteiger partial charge in [0.2, 0.25) is 0 Å². The number of aromatic nitrogens is 3. The zero-order chi connectivity index (χ0) is 21.4. The molecule has 2 aromatic heterocycles. The lowest BCUT2D eigenvalue weighted by molar-refractivity contribution is 0.0843. The third kappa shape index (κ3) is 3.93. The average Bonchev–Trinajstić information content (AvgIpc) is 2.80. The van der Waals surface area contributed by atoms with Crippen LogP contribution in [0.25, 0.3) is 22.4 Å². The molecule has 1 N–H and O–H groups in total. The molecule has 2 aliphatic rings. The van der Waals surface area contributed by atoms with Gasteiger partial charge in [-0.1, -0.05) is 6.07 Å². The van der Waals surface area contributed by atoms with E-state index >= 15 is 0 Å². The molecule has 0 unspecified atom stereocenters. The molecule has 2 aliphatic heterocycles. The molecule has 0 radical (unpaired) electrons. The van der Waals surface area contributed by atoms with Gasteiger partial charge in [-0.15, -0.1) is 22.0 Å². The summed E-state index contributed by atoms with van der Waals surface area (Å²) in [6, 6.07) is 11.3. The number of nitrogens with zero attached hydrogens (tertiary/aromatic N) is 4. The van der Waals surface area contributed by atoms with Crippen molar-refractivity contribution in [2.45, 2.75) is 23.8 Å². The molecule has 0 spiro atoms. The lowest BCUT2D eigenvalue weighted by Crippen LogP contribution is -2.43. The molecule has 3 aromatic rings. The Kier molecular flexibility index (Phi) is 5.41. The van der Waals surface area contributed by atoms with Crippen LogP contribution in [0.3, 0.4) is 0 Å². The highest BCUT2D eigenvalue weighted by atomic mass is 32.2. The minimum atomic E-state index is -0.0901. The molecule has 5 rings (SSSR count). The Labute approximate surface area is 184 Å². The fraction of sp³-hybridized carbons (Fsp3) is 0.348. The summed E-state index contributed by atoms with van der Waals surface area (Å²) in [6.07, 6.45) is 3.75. The van der Waals surface area contributed by atoms with Crippen LogP contribution in [0.15, 0.2) is 52.3 Å². The predicted octanol–water partition coefficient (Wildman–Crippen LogP) is 3.31. The zero-order valence-electron chi connectivity index (χ0n) is 17.3. The van der Waals surface area contributed by atoms with E-state index in [9.17, 15) is 9.90 Å². The molecule has 0 aliphatic carbocycles. The first-order chi connectivity index (χ1) is 15.1. The molecule has 0 amide bonds. The molecule has 8 heteroatoms. The van der Waals surface area contributed by atoms with Gasteiger partial charge < -0.3 is 19.3 Å². The van der Waals surface area contributed by atoms with Crippen molar-refractivity contribution in [1.82, 2.24) is 14.8 Å². The Morgan fingerprint density at radius 2 is 1.90 bits per heavy atom. The smallest absolute Gasteiger partial charge is 0.250 e. The van der Waals surface area contributed by atoms with E-state index in [2.05, 4.69) is 15.1 Å². The molecule has 1 fully saturated rings. The van der Waals surface area contributed by atoms with E-state index in [0.717, 1.165) is 60.2 Å². The number of aryl methyl sites for hydroxylation is 1. The zero-order valence-corrected chi connectivity index (χ0v) is 18.1. The van der Waals surface area contributed by atoms with Crippen LogP contribution in [-0.2, 0) is 11.8 Å². The van der Waals surface area contributed by atoms with Gasteiger partial charge in [0.15, 0.2) is 5.82 Å². The number of phenolic OH excluding ortho intramolecular Hbond substituents is 1. The van der Waals surface area contributed by atoms with E-state index in [1.807, 2.05) is 24.3 Å². The van der Waals surface area contributed by atoms with Crippen LogP contribution < -0.4 is 10.5 Å². The van der Waals surface area contributed by atoms with Crippen LogP contribution in [-0.4, -0.2) is 51.4 Å². The number of thioether (sulfide) groups is 1. The quantitative estimate of drug-likeness (QED) is 0.675. The third-order valence-corrected chi connectivity index (χ3v) is 6.94. The molecule has 1 saturated heterocycles. The molecule has 4 heterocycles. The number of benzene rings is 1. The van der Waals surface area contributed by atoms with E-state index < -0.39 is 0 Å². The van der Waals surface area contributed by atoms with Gasteiger partial charge in [-0.2, -0.15) is 0 Å². The van der Waals surface area contributed by atoms with Crippen LogP contribution >= 0.6 is 11.8 Å². The van der Waals surface area contributed by atoms with Gasteiger partial charge in [-0.05, 0) is 48.2 Å². The standard InChI is InChI=1S/C23H24N4O3S/c1-26-7-4-16(13-22(26)29)15-2-3-18(20(28)12-15)19-14-21-23(25-24-19)27(8-11-31-21)17-5-9-30-10-6-17/h2-4,7,12-14,17,28H,5-6,8-11H2,1H3. The summed E-state index contributed by atoms with van der Waals surface area (Å²) in [6.45, 7) is 2.55. The molecular formula is C23H24N4O3S. The Hall–Kier alpha value is -2.84. The number of phenols is 1. The van der Waals surface area contributed by atoms with E-state index in [0.29, 0.717) is 17.3 Å². The van der Waals surface area contributed by atoms with Gasteiger partial charge in [0.25, 0.3) is 5.56 Å². The van der Waals surface area contributed by atoms with Crippen LogP contribution in [0.2, 0.25) is 0 Å². The van der Waals surface area contributed by atoms with Crippen molar-refractivity contribution in [1.29, 1.82) is 0 Å². The minimum absolute atomic E-state index is 0.0901. The van der Waals surface area contributed by atoms with Crippen molar-refractivity contribution in [3.8, 4) is 28.1 Å². The van der Waals surface area contributed by atoms with Gasteiger partial charge in [-0.3, -0.25) is 4.79 Å². The van der Waals surface area contributed by atoms with E-state index in [1.165, 1.54) is 4.57 Å². The Morgan fingerprint density at radius 3 is 2.68 bits per heavy atom. The number of pyridine rings is 1. The van der Waals surface area contributed by atoms with Crippen molar-refractivity contribution >= 4 is 17.6 Å². The molecule has 31 heavy (non-hydrogen) atoms. The summed E-state index contributed by atoms with van der Waals surface area (Å²) in [5.41, 5.74) is 2.74. The Bertz CT molecular complexity index is 1170. The molecule has 0 atom stereocenters. The second-order valence-electron chi connectivity index (χ2n) is 7.90. The van der Waals surface area contributed by atoms with Crippen molar-refractivity contribution in [2.24, 2.45) is 7.05 Å². The first kappa shape index (κ1) is 20.1. The summed E-state index contributed by atoms with van der Waals surface area (Å²) in [5.74, 6) is 2.06. The first-order valence-electron chi connectivity index (χ1n) is 10.5. The summed E-state index contributed by atoms with van der Waals surface area (Å²) in [5, 5.41) is 19.7. The fourth-order valence-electron chi connectivity index (χ4n) is 4.17. The second-order valence-corrected chi connectivity index (χ2v) is 9.04. The van der Waals surface area contributed by atoms with Gasteiger partial charge >= 0.3 is 0 Å². The van der Waals surface area contributed by atoms with Gasteiger partial charge in [0.05, 0.1) is 10.6 Å². The fourth-order valence-corrected chi connectivity index (χ4v) is 5.16. The highest BCUT2D eigenvalue weighted by Crippen LogP contribution is 2.39.